The predicted molar refractivity (Wildman–Crippen MR) is 99.9 cm³/mol. The maximum Gasteiger partial charge on any atom is 0.227 e. The molecule has 25 heavy (non-hydrogen) atoms. The molecule has 2 fully saturated rings. The van der Waals surface area contributed by atoms with Crippen LogP contribution in [-0.4, -0.2) is 11.8 Å². The first-order valence-electron chi connectivity index (χ1n) is 9.71. The van der Waals surface area contributed by atoms with Gasteiger partial charge in [-0.15, -0.1) is 0 Å². The van der Waals surface area contributed by atoms with Crippen LogP contribution in [0.15, 0.2) is 24.3 Å². The molecule has 4 nitrogen and oxygen atoms in total. The Kier molecular flexibility index (Phi) is 5.77. The Hall–Kier alpha value is -1.84. The van der Waals surface area contributed by atoms with Gasteiger partial charge < -0.3 is 10.6 Å². The van der Waals surface area contributed by atoms with Gasteiger partial charge in [0.05, 0.1) is 0 Å². The number of amides is 2. The summed E-state index contributed by atoms with van der Waals surface area (Å²) in [6.45, 7) is 4.45. The maximum absolute atomic E-state index is 12.3. The average Bonchev–Trinajstić information content (AvgIpc) is 3.22. The third kappa shape index (κ3) is 4.62. The molecule has 2 saturated carbocycles. The number of fused-ring (bicyclic) bond motifs is 2. The number of anilines is 1. The quantitative estimate of drug-likeness (QED) is 0.783. The van der Waals surface area contributed by atoms with E-state index in [0.29, 0.717) is 18.9 Å². The zero-order chi connectivity index (χ0) is 17.8. The summed E-state index contributed by atoms with van der Waals surface area (Å²) in [5, 5.41) is 5.99. The van der Waals surface area contributed by atoms with E-state index < -0.39 is 0 Å². The second-order valence-corrected chi connectivity index (χ2v) is 7.91. The first-order valence-corrected chi connectivity index (χ1v) is 9.71. The standard InChI is InChI=1S/C21H30N2O2/c1-3-14(2)21(25)23-19-6-4-5-16(11-19)13-22-20(24)12-18-10-15-7-8-17(18)9-15/h4-6,11,14-15,17-18H,3,7-10,12-13H2,1-2H3,(H,22,24)(H,23,25)/t14-,15-,17-,18-/m1/s1. The normalized spacial score (nSPS) is 25.6. The molecule has 0 spiro atoms. The van der Waals surface area contributed by atoms with Crippen molar-refractivity contribution in [3.05, 3.63) is 29.8 Å². The van der Waals surface area contributed by atoms with Gasteiger partial charge in [0.25, 0.3) is 0 Å². The molecule has 4 heteroatoms. The molecule has 2 aliphatic rings. The zero-order valence-electron chi connectivity index (χ0n) is 15.4. The van der Waals surface area contributed by atoms with E-state index in [1.54, 1.807) is 0 Å². The van der Waals surface area contributed by atoms with Crippen molar-refractivity contribution in [2.75, 3.05) is 5.32 Å². The van der Waals surface area contributed by atoms with Crippen LogP contribution in [0.4, 0.5) is 5.69 Å². The number of rotatable bonds is 7. The molecule has 4 atom stereocenters. The SMILES string of the molecule is CC[C@@H](C)C(=O)Nc1cccc(CNC(=O)C[C@H]2C[C@@H]3CC[C@@H]2C3)c1. The van der Waals surface area contributed by atoms with Crippen molar-refractivity contribution in [1.82, 2.24) is 5.32 Å². The van der Waals surface area contributed by atoms with Gasteiger partial charge in [-0.05, 0) is 61.1 Å². The highest BCUT2D eigenvalue weighted by atomic mass is 16.2. The first-order chi connectivity index (χ1) is 12.0. The van der Waals surface area contributed by atoms with Crippen molar-refractivity contribution >= 4 is 17.5 Å². The number of benzene rings is 1. The summed E-state index contributed by atoms with van der Waals surface area (Å²) in [5.74, 6) is 2.47. The summed E-state index contributed by atoms with van der Waals surface area (Å²) in [7, 11) is 0. The van der Waals surface area contributed by atoms with E-state index in [1.807, 2.05) is 38.1 Å². The van der Waals surface area contributed by atoms with Crippen molar-refractivity contribution < 1.29 is 9.59 Å². The molecule has 2 bridgehead atoms. The van der Waals surface area contributed by atoms with Crippen LogP contribution in [0, 0.1) is 23.7 Å². The fourth-order valence-electron chi connectivity index (χ4n) is 4.35. The Bertz CT molecular complexity index is 628. The number of hydrogen-bond acceptors (Lipinski definition) is 2. The third-order valence-electron chi connectivity index (χ3n) is 6.08. The molecule has 1 aromatic carbocycles. The summed E-state index contributed by atoms with van der Waals surface area (Å²) < 4.78 is 0. The van der Waals surface area contributed by atoms with E-state index in [9.17, 15) is 9.59 Å². The van der Waals surface area contributed by atoms with Crippen molar-refractivity contribution in [3.8, 4) is 0 Å². The van der Waals surface area contributed by atoms with Crippen LogP contribution >= 0.6 is 0 Å². The first kappa shape index (κ1) is 18.0. The summed E-state index contributed by atoms with van der Waals surface area (Å²) >= 11 is 0. The van der Waals surface area contributed by atoms with Crippen LogP contribution in [0.2, 0.25) is 0 Å². The highest BCUT2D eigenvalue weighted by Crippen LogP contribution is 2.49. The van der Waals surface area contributed by atoms with E-state index in [-0.39, 0.29) is 17.7 Å². The van der Waals surface area contributed by atoms with Crippen LogP contribution < -0.4 is 10.6 Å². The highest BCUT2D eigenvalue weighted by Gasteiger charge is 2.39. The lowest BCUT2D eigenvalue weighted by atomic mass is 9.86. The van der Waals surface area contributed by atoms with Gasteiger partial charge in [0, 0.05) is 24.6 Å². The second kappa shape index (κ2) is 8.03. The van der Waals surface area contributed by atoms with Gasteiger partial charge in [-0.2, -0.15) is 0 Å². The lowest BCUT2D eigenvalue weighted by molar-refractivity contribution is -0.122. The van der Waals surface area contributed by atoms with Gasteiger partial charge >= 0.3 is 0 Å². The molecule has 3 rings (SSSR count). The van der Waals surface area contributed by atoms with Gasteiger partial charge in [0.1, 0.15) is 0 Å². The summed E-state index contributed by atoms with van der Waals surface area (Å²) in [4.78, 5) is 24.3. The fraction of sp³-hybridized carbons (Fsp3) is 0.619. The fourth-order valence-corrected chi connectivity index (χ4v) is 4.35. The Morgan fingerprint density at radius 2 is 2.08 bits per heavy atom. The van der Waals surface area contributed by atoms with Crippen molar-refractivity contribution in [3.63, 3.8) is 0 Å². The predicted octanol–water partition coefficient (Wildman–Crippen LogP) is 4.11. The molecule has 0 aliphatic heterocycles. The summed E-state index contributed by atoms with van der Waals surface area (Å²) in [6, 6.07) is 7.74. The average molecular weight is 342 g/mol. The number of hydrogen-bond donors (Lipinski definition) is 2. The van der Waals surface area contributed by atoms with Crippen molar-refractivity contribution in [1.29, 1.82) is 0 Å². The number of carbonyl (C=O) groups is 2. The van der Waals surface area contributed by atoms with Crippen LogP contribution in [0.1, 0.15) is 57.9 Å². The third-order valence-corrected chi connectivity index (χ3v) is 6.08. The summed E-state index contributed by atoms with van der Waals surface area (Å²) in [6.07, 6.45) is 6.78. The Balaban J connectivity index is 1.47. The number of nitrogens with one attached hydrogen (secondary N) is 2. The monoisotopic (exact) mass is 342 g/mol. The molecule has 2 amide bonds. The molecule has 0 unspecified atom stereocenters. The molecule has 2 aliphatic carbocycles. The molecule has 0 aromatic heterocycles. The van der Waals surface area contributed by atoms with Crippen LogP contribution in [-0.2, 0) is 16.1 Å². The molecule has 136 valence electrons. The van der Waals surface area contributed by atoms with E-state index in [0.717, 1.165) is 29.5 Å². The molecule has 0 saturated heterocycles. The van der Waals surface area contributed by atoms with Crippen LogP contribution in [0.5, 0.6) is 0 Å². The van der Waals surface area contributed by atoms with E-state index in [1.165, 1.54) is 25.7 Å². The van der Waals surface area contributed by atoms with Crippen molar-refractivity contribution in [2.24, 2.45) is 23.7 Å². The Morgan fingerprint density at radius 3 is 2.76 bits per heavy atom. The summed E-state index contributed by atoms with van der Waals surface area (Å²) in [5.41, 5.74) is 1.81. The van der Waals surface area contributed by atoms with Crippen molar-refractivity contribution in [2.45, 2.75) is 58.9 Å². The Labute approximate surface area is 150 Å². The van der Waals surface area contributed by atoms with E-state index >= 15 is 0 Å². The molecular formula is C21H30N2O2. The molecule has 2 N–H and O–H groups in total. The minimum Gasteiger partial charge on any atom is -0.352 e. The van der Waals surface area contributed by atoms with Gasteiger partial charge in [-0.3, -0.25) is 9.59 Å². The topological polar surface area (TPSA) is 58.2 Å². The minimum atomic E-state index is 0.00472. The lowest BCUT2D eigenvalue weighted by Gasteiger charge is -2.21. The second-order valence-electron chi connectivity index (χ2n) is 7.91. The molecular weight excluding hydrogens is 312 g/mol. The van der Waals surface area contributed by atoms with Gasteiger partial charge in [-0.1, -0.05) is 32.4 Å². The highest BCUT2D eigenvalue weighted by molar-refractivity contribution is 5.92. The smallest absolute Gasteiger partial charge is 0.227 e. The van der Waals surface area contributed by atoms with Crippen LogP contribution in [0.25, 0.3) is 0 Å². The van der Waals surface area contributed by atoms with E-state index in [4.69, 9.17) is 0 Å². The van der Waals surface area contributed by atoms with Crippen LogP contribution in [0.3, 0.4) is 0 Å². The minimum absolute atomic E-state index is 0.00472. The zero-order valence-corrected chi connectivity index (χ0v) is 15.4. The lowest BCUT2D eigenvalue weighted by Crippen LogP contribution is -2.27. The maximum atomic E-state index is 12.3. The Morgan fingerprint density at radius 1 is 1.24 bits per heavy atom. The van der Waals surface area contributed by atoms with Gasteiger partial charge in [-0.25, -0.2) is 0 Å². The van der Waals surface area contributed by atoms with Gasteiger partial charge in [0.15, 0.2) is 0 Å². The molecule has 1 aromatic rings. The molecule has 0 heterocycles. The largest absolute Gasteiger partial charge is 0.352 e. The van der Waals surface area contributed by atoms with E-state index in [2.05, 4.69) is 10.6 Å². The molecule has 0 radical (unpaired) electrons. The van der Waals surface area contributed by atoms with Gasteiger partial charge in [0.2, 0.25) is 11.8 Å². The number of carbonyl (C=O) groups excluding carboxylic acids is 2.